The summed E-state index contributed by atoms with van der Waals surface area (Å²) in [5.74, 6) is 0.784. The molecule has 3 aromatic heterocycles. The van der Waals surface area contributed by atoms with Crippen molar-refractivity contribution in [2.75, 3.05) is 5.73 Å². The number of thiophene rings is 1. The number of fused-ring (bicyclic) bond motifs is 1. The Labute approximate surface area is 150 Å². The van der Waals surface area contributed by atoms with Crippen molar-refractivity contribution in [3.8, 4) is 17.3 Å². The zero-order valence-electron chi connectivity index (χ0n) is 14.2. The largest absolute Gasteiger partial charge is 0.389 e. The molecule has 5 nitrogen and oxygen atoms in total. The number of rotatable bonds is 2. The molecule has 1 aliphatic carbocycles. The summed E-state index contributed by atoms with van der Waals surface area (Å²) in [5, 5.41) is 14.5. The summed E-state index contributed by atoms with van der Waals surface area (Å²) in [6.45, 7) is 4.08. The normalized spacial score (nSPS) is 19.4. The van der Waals surface area contributed by atoms with Gasteiger partial charge in [-0.25, -0.2) is 0 Å². The van der Waals surface area contributed by atoms with Crippen LogP contribution < -0.4 is 5.73 Å². The number of hydrogen-bond donors (Lipinski definition) is 1. The van der Waals surface area contributed by atoms with E-state index in [-0.39, 0.29) is 5.41 Å². The molecule has 0 radical (unpaired) electrons. The molecule has 0 bridgehead atoms. The molecule has 1 atom stereocenters. The van der Waals surface area contributed by atoms with Gasteiger partial charge in [0.15, 0.2) is 0 Å². The van der Waals surface area contributed by atoms with Gasteiger partial charge in [-0.2, -0.15) is 5.26 Å². The van der Waals surface area contributed by atoms with E-state index in [0.29, 0.717) is 10.6 Å². The van der Waals surface area contributed by atoms with Crippen LogP contribution in [0.25, 0.3) is 11.3 Å². The standard InChI is InChI=1S/C19H18N4OS/c1-11-8-12(5-7-22-11)14-9-16(24-23-14)19(2)6-3-4-15-17(19)13(10-20)18(21)25-15/h5,7-9H,3-4,6,21H2,1-2H3/t19-/m1/s1. The van der Waals surface area contributed by atoms with Gasteiger partial charge in [-0.15, -0.1) is 11.3 Å². The van der Waals surface area contributed by atoms with Crippen LogP contribution in [0.3, 0.4) is 0 Å². The number of nitrogens with zero attached hydrogens (tertiary/aromatic N) is 3. The van der Waals surface area contributed by atoms with Gasteiger partial charge in [0, 0.05) is 28.4 Å². The van der Waals surface area contributed by atoms with E-state index in [9.17, 15) is 5.26 Å². The van der Waals surface area contributed by atoms with E-state index in [1.165, 1.54) is 16.2 Å². The molecule has 126 valence electrons. The maximum Gasteiger partial charge on any atom is 0.147 e. The van der Waals surface area contributed by atoms with Crippen LogP contribution in [0.5, 0.6) is 0 Å². The van der Waals surface area contributed by atoms with Crippen molar-refractivity contribution < 1.29 is 4.52 Å². The predicted molar refractivity (Wildman–Crippen MR) is 97.3 cm³/mol. The lowest BCUT2D eigenvalue weighted by atomic mass is 9.71. The molecule has 1 aliphatic rings. The molecular weight excluding hydrogens is 332 g/mol. The molecule has 0 spiro atoms. The Morgan fingerprint density at radius 1 is 1.40 bits per heavy atom. The summed E-state index contributed by atoms with van der Waals surface area (Å²) < 4.78 is 5.75. The van der Waals surface area contributed by atoms with Gasteiger partial charge in [-0.05, 0) is 50.8 Å². The molecule has 0 aromatic carbocycles. The Hall–Kier alpha value is -2.65. The van der Waals surface area contributed by atoms with Gasteiger partial charge in [0.25, 0.3) is 0 Å². The molecule has 4 rings (SSSR count). The fraction of sp³-hybridized carbons (Fsp3) is 0.316. The highest BCUT2D eigenvalue weighted by atomic mass is 32.1. The van der Waals surface area contributed by atoms with Crippen molar-refractivity contribution in [2.24, 2.45) is 0 Å². The summed E-state index contributed by atoms with van der Waals surface area (Å²) in [7, 11) is 0. The number of hydrogen-bond acceptors (Lipinski definition) is 6. The van der Waals surface area contributed by atoms with Crippen LogP contribution in [0.2, 0.25) is 0 Å². The van der Waals surface area contributed by atoms with Crippen molar-refractivity contribution in [3.63, 3.8) is 0 Å². The van der Waals surface area contributed by atoms with Gasteiger partial charge in [0.2, 0.25) is 0 Å². The summed E-state index contributed by atoms with van der Waals surface area (Å²) in [4.78, 5) is 5.42. The minimum atomic E-state index is -0.375. The predicted octanol–water partition coefficient (Wildman–Crippen LogP) is 4.20. The number of aryl methyl sites for hydroxylation is 2. The van der Waals surface area contributed by atoms with E-state index in [1.807, 2.05) is 25.1 Å². The Kier molecular flexibility index (Phi) is 3.62. The van der Waals surface area contributed by atoms with Crippen LogP contribution >= 0.6 is 11.3 Å². The number of pyridine rings is 1. The average Bonchev–Trinajstić information content (AvgIpc) is 3.20. The van der Waals surface area contributed by atoms with Crippen molar-refractivity contribution in [1.82, 2.24) is 10.1 Å². The lowest BCUT2D eigenvalue weighted by Crippen LogP contribution is -2.28. The molecule has 6 heteroatoms. The Morgan fingerprint density at radius 2 is 2.24 bits per heavy atom. The second-order valence-electron chi connectivity index (χ2n) is 6.70. The highest BCUT2D eigenvalue weighted by Gasteiger charge is 2.41. The molecule has 2 N–H and O–H groups in total. The van der Waals surface area contributed by atoms with Gasteiger partial charge in [-0.1, -0.05) is 5.16 Å². The van der Waals surface area contributed by atoms with Gasteiger partial charge in [-0.3, -0.25) is 4.98 Å². The fourth-order valence-corrected chi connectivity index (χ4v) is 4.91. The van der Waals surface area contributed by atoms with Crippen LogP contribution in [0, 0.1) is 18.3 Å². The number of nitrogens with two attached hydrogens (primary N) is 1. The van der Waals surface area contributed by atoms with Crippen molar-refractivity contribution in [1.29, 1.82) is 5.26 Å². The zero-order valence-corrected chi connectivity index (χ0v) is 15.0. The van der Waals surface area contributed by atoms with E-state index >= 15 is 0 Å². The first-order valence-corrected chi connectivity index (χ1v) is 9.06. The first-order valence-electron chi connectivity index (χ1n) is 8.25. The molecule has 0 unspecified atom stereocenters. The minimum absolute atomic E-state index is 0.375. The van der Waals surface area contributed by atoms with E-state index < -0.39 is 0 Å². The van der Waals surface area contributed by atoms with Crippen molar-refractivity contribution in [3.05, 3.63) is 51.9 Å². The van der Waals surface area contributed by atoms with Crippen LogP contribution in [0.1, 0.15) is 47.2 Å². The summed E-state index contributed by atoms with van der Waals surface area (Å²) in [5.41, 5.74) is 10.0. The van der Waals surface area contributed by atoms with Crippen molar-refractivity contribution in [2.45, 2.75) is 38.5 Å². The lowest BCUT2D eigenvalue weighted by molar-refractivity contribution is 0.310. The Balaban J connectivity index is 1.83. The SMILES string of the molecule is Cc1cc(-c2cc([C@@]3(C)CCCc4sc(N)c(C#N)c43)on2)ccn1. The number of nitriles is 1. The number of nitrogen functional groups attached to an aromatic ring is 1. The van der Waals surface area contributed by atoms with Crippen LogP contribution in [-0.2, 0) is 11.8 Å². The van der Waals surface area contributed by atoms with E-state index in [4.69, 9.17) is 10.3 Å². The van der Waals surface area contributed by atoms with Gasteiger partial charge in [0.05, 0.1) is 11.0 Å². The molecule has 0 amide bonds. The third-order valence-corrected chi connectivity index (χ3v) is 6.08. The van der Waals surface area contributed by atoms with E-state index in [2.05, 4.69) is 23.1 Å². The molecule has 0 fully saturated rings. The van der Waals surface area contributed by atoms with E-state index in [1.54, 1.807) is 6.20 Å². The summed E-state index contributed by atoms with van der Waals surface area (Å²) >= 11 is 1.53. The Morgan fingerprint density at radius 3 is 3.00 bits per heavy atom. The topological polar surface area (TPSA) is 88.7 Å². The quantitative estimate of drug-likeness (QED) is 0.748. The second kappa shape index (κ2) is 5.71. The van der Waals surface area contributed by atoms with Crippen LogP contribution in [0.15, 0.2) is 28.9 Å². The minimum Gasteiger partial charge on any atom is -0.389 e. The zero-order chi connectivity index (χ0) is 17.6. The molecular formula is C19H18N4OS. The first kappa shape index (κ1) is 15.9. The Bertz CT molecular complexity index is 997. The van der Waals surface area contributed by atoms with Crippen LogP contribution in [0.4, 0.5) is 5.00 Å². The van der Waals surface area contributed by atoms with Crippen molar-refractivity contribution >= 4 is 16.3 Å². The molecule has 0 aliphatic heterocycles. The molecule has 3 aromatic rings. The van der Waals surface area contributed by atoms with E-state index in [0.717, 1.165) is 47.5 Å². The van der Waals surface area contributed by atoms with Gasteiger partial charge >= 0.3 is 0 Å². The molecule has 25 heavy (non-hydrogen) atoms. The van der Waals surface area contributed by atoms with Crippen LogP contribution in [-0.4, -0.2) is 10.1 Å². The van der Waals surface area contributed by atoms with Gasteiger partial charge in [0.1, 0.15) is 22.5 Å². The maximum atomic E-state index is 9.58. The maximum absolute atomic E-state index is 9.58. The molecule has 3 heterocycles. The molecule has 0 saturated heterocycles. The smallest absolute Gasteiger partial charge is 0.147 e. The summed E-state index contributed by atoms with van der Waals surface area (Å²) in [6.07, 6.45) is 4.69. The van der Waals surface area contributed by atoms with Gasteiger partial charge < -0.3 is 10.3 Å². The molecule has 0 saturated carbocycles. The number of anilines is 1. The highest BCUT2D eigenvalue weighted by Crippen LogP contribution is 2.49. The summed E-state index contributed by atoms with van der Waals surface area (Å²) in [6, 6.07) is 8.18. The average molecular weight is 350 g/mol. The third-order valence-electron chi connectivity index (χ3n) is 5.00. The monoisotopic (exact) mass is 350 g/mol. The fourth-order valence-electron chi connectivity index (χ4n) is 3.72. The second-order valence-corrected chi connectivity index (χ2v) is 7.84. The lowest BCUT2D eigenvalue weighted by Gasteiger charge is -2.31. The number of aromatic nitrogens is 2. The first-order chi connectivity index (χ1) is 12.0. The highest BCUT2D eigenvalue weighted by molar-refractivity contribution is 7.16. The third kappa shape index (κ3) is 2.43.